The summed E-state index contributed by atoms with van der Waals surface area (Å²) in [6.07, 6.45) is 2.38. The monoisotopic (exact) mass is 231 g/mol. The Labute approximate surface area is 101 Å². The molecule has 0 aliphatic heterocycles. The molecule has 0 saturated heterocycles. The van der Waals surface area contributed by atoms with E-state index in [9.17, 15) is 0 Å². The molecule has 0 amide bonds. The van der Waals surface area contributed by atoms with Gasteiger partial charge in [0.1, 0.15) is 0 Å². The summed E-state index contributed by atoms with van der Waals surface area (Å²) >= 11 is 0. The molecule has 1 atom stereocenters. The summed E-state index contributed by atoms with van der Waals surface area (Å²) in [5.74, 6) is 0.586. The van der Waals surface area contributed by atoms with Crippen LogP contribution >= 0.6 is 0 Å². The van der Waals surface area contributed by atoms with Gasteiger partial charge in [-0.25, -0.2) is 0 Å². The van der Waals surface area contributed by atoms with Crippen LogP contribution in [-0.4, -0.2) is 40.5 Å². The van der Waals surface area contributed by atoms with Crippen LogP contribution in [0.2, 0.25) is 0 Å². The largest absolute Gasteiger partial charge is 0.384 e. The maximum Gasteiger partial charge on any atom is 0.0587 e. The van der Waals surface area contributed by atoms with Gasteiger partial charge in [-0.15, -0.1) is 0 Å². The topological polar surface area (TPSA) is 30.5 Å². The maximum atomic E-state index is 5.29. The first-order valence-electron chi connectivity index (χ1n) is 6.35. The van der Waals surface area contributed by atoms with Crippen LogP contribution in [-0.2, 0) is 9.47 Å². The van der Waals surface area contributed by atoms with Crippen LogP contribution in [0, 0.1) is 11.3 Å². The van der Waals surface area contributed by atoms with Gasteiger partial charge in [0.05, 0.1) is 6.61 Å². The van der Waals surface area contributed by atoms with Gasteiger partial charge in [0.15, 0.2) is 0 Å². The zero-order valence-corrected chi connectivity index (χ0v) is 11.6. The van der Waals surface area contributed by atoms with Crippen LogP contribution < -0.4 is 5.32 Å². The molecule has 0 fully saturated rings. The molecule has 0 aromatic carbocycles. The zero-order chi connectivity index (χ0) is 12.4. The quantitative estimate of drug-likeness (QED) is 0.585. The van der Waals surface area contributed by atoms with Crippen LogP contribution in [0.3, 0.4) is 0 Å². The molecule has 0 bridgehead atoms. The van der Waals surface area contributed by atoms with Crippen molar-refractivity contribution in [1.29, 1.82) is 0 Å². The van der Waals surface area contributed by atoms with Crippen LogP contribution in [0.4, 0.5) is 0 Å². The molecule has 0 rings (SSSR count). The first-order valence-corrected chi connectivity index (χ1v) is 6.35. The Morgan fingerprint density at radius 1 is 1.12 bits per heavy atom. The highest BCUT2D eigenvalue weighted by Gasteiger charge is 2.32. The van der Waals surface area contributed by atoms with Crippen molar-refractivity contribution in [1.82, 2.24) is 5.32 Å². The van der Waals surface area contributed by atoms with Crippen molar-refractivity contribution in [3.63, 3.8) is 0 Å². The summed E-state index contributed by atoms with van der Waals surface area (Å²) in [6.45, 7) is 10.4. The highest BCUT2D eigenvalue weighted by Crippen LogP contribution is 2.34. The van der Waals surface area contributed by atoms with Gasteiger partial charge < -0.3 is 14.8 Å². The van der Waals surface area contributed by atoms with Crippen molar-refractivity contribution in [3.05, 3.63) is 0 Å². The van der Waals surface area contributed by atoms with Crippen LogP contribution in [0.5, 0.6) is 0 Å². The molecule has 1 N–H and O–H groups in total. The minimum Gasteiger partial charge on any atom is -0.384 e. The summed E-state index contributed by atoms with van der Waals surface area (Å²) in [5.41, 5.74) is 0.351. The maximum absolute atomic E-state index is 5.29. The molecule has 0 aromatic heterocycles. The van der Waals surface area contributed by atoms with E-state index in [0.717, 1.165) is 26.3 Å². The van der Waals surface area contributed by atoms with E-state index in [1.807, 2.05) is 0 Å². The number of nitrogens with one attached hydrogen (secondary N) is 1. The normalized spacial score (nSPS) is 14.1. The molecule has 0 aromatic rings. The van der Waals surface area contributed by atoms with Crippen molar-refractivity contribution >= 4 is 0 Å². The molecule has 3 heteroatoms. The highest BCUT2D eigenvalue weighted by molar-refractivity contribution is 4.84. The number of methoxy groups -OCH3 is 2. The molecule has 0 radical (unpaired) electrons. The minimum atomic E-state index is 0.351. The number of hydrogen-bond acceptors (Lipinski definition) is 3. The van der Waals surface area contributed by atoms with Gasteiger partial charge in [-0.1, -0.05) is 20.8 Å². The van der Waals surface area contributed by atoms with Crippen molar-refractivity contribution in [2.24, 2.45) is 11.3 Å². The fraction of sp³-hybridized carbons (Fsp3) is 1.00. The van der Waals surface area contributed by atoms with Crippen LogP contribution in [0.25, 0.3) is 0 Å². The van der Waals surface area contributed by atoms with Crippen LogP contribution in [0.1, 0.15) is 33.6 Å². The highest BCUT2D eigenvalue weighted by atomic mass is 16.5. The summed E-state index contributed by atoms with van der Waals surface area (Å²) in [7, 11) is 3.52. The lowest BCUT2D eigenvalue weighted by atomic mass is 9.72. The summed E-state index contributed by atoms with van der Waals surface area (Å²) in [5, 5.41) is 3.49. The summed E-state index contributed by atoms with van der Waals surface area (Å²) in [6, 6.07) is 0. The lowest BCUT2D eigenvalue weighted by molar-refractivity contribution is 0.0605. The summed E-state index contributed by atoms with van der Waals surface area (Å²) < 4.78 is 10.3. The Bertz CT molecular complexity index is 158. The van der Waals surface area contributed by atoms with Gasteiger partial charge in [-0.05, 0) is 24.2 Å². The molecule has 0 saturated carbocycles. The Morgan fingerprint density at radius 3 is 2.19 bits per heavy atom. The lowest BCUT2D eigenvalue weighted by Crippen LogP contribution is -2.41. The average Bonchev–Trinajstić information content (AvgIpc) is 2.30. The molecular formula is C13H29NO2. The van der Waals surface area contributed by atoms with Gasteiger partial charge in [0.2, 0.25) is 0 Å². The third kappa shape index (κ3) is 4.81. The fourth-order valence-corrected chi connectivity index (χ4v) is 2.31. The third-order valence-electron chi connectivity index (χ3n) is 3.83. The van der Waals surface area contributed by atoms with Crippen molar-refractivity contribution in [2.75, 3.05) is 40.5 Å². The molecule has 0 spiro atoms. The minimum absolute atomic E-state index is 0.351. The van der Waals surface area contributed by atoms with E-state index >= 15 is 0 Å². The standard InChI is InChI=1S/C13H29NO2/c1-6-13(7-2,12(3)10-16-5)11-14-8-9-15-4/h12,14H,6-11H2,1-5H3. The van der Waals surface area contributed by atoms with E-state index in [1.54, 1.807) is 14.2 Å². The van der Waals surface area contributed by atoms with Gasteiger partial charge >= 0.3 is 0 Å². The number of ether oxygens (including phenoxy) is 2. The second-order valence-corrected chi connectivity index (χ2v) is 4.60. The first kappa shape index (κ1) is 15.9. The predicted molar refractivity (Wildman–Crippen MR) is 68.8 cm³/mol. The zero-order valence-electron chi connectivity index (χ0n) is 11.6. The van der Waals surface area contributed by atoms with Crippen molar-refractivity contribution < 1.29 is 9.47 Å². The van der Waals surface area contributed by atoms with Gasteiger partial charge in [0, 0.05) is 33.9 Å². The van der Waals surface area contributed by atoms with E-state index in [-0.39, 0.29) is 0 Å². The third-order valence-corrected chi connectivity index (χ3v) is 3.83. The molecule has 98 valence electrons. The molecule has 0 aliphatic carbocycles. The first-order chi connectivity index (χ1) is 7.66. The Balaban J connectivity index is 4.20. The lowest BCUT2D eigenvalue weighted by Gasteiger charge is -2.38. The van der Waals surface area contributed by atoms with E-state index in [4.69, 9.17) is 9.47 Å². The van der Waals surface area contributed by atoms with Gasteiger partial charge in [-0.2, -0.15) is 0 Å². The SMILES string of the molecule is CCC(CC)(CNCCOC)C(C)COC. The molecule has 0 heterocycles. The van der Waals surface area contributed by atoms with E-state index < -0.39 is 0 Å². The number of hydrogen-bond donors (Lipinski definition) is 1. The van der Waals surface area contributed by atoms with E-state index in [0.29, 0.717) is 11.3 Å². The van der Waals surface area contributed by atoms with Gasteiger partial charge in [0.25, 0.3) is 0 Å². The molecule has 3 nitrogen and oxygen atoms in total. The second kappa shape index (κ2) is 8.97. The second-order valence-electron chi connectivity index (χ2n) is 4.60. The Hall–Kier alpha value is -0.120. The van der Waals surface area contributed by atoms with E-state index in [2.05, 4.69) is 26.1 Å². The molecule has 0 aliphatic rings. The Kier molecular flexibility index (Phi) is 8.90. The molecule has 1 unspecified atom stereocenters. The van der Waals surface area contributed by atoms with E-state index in [1.165, 1.54) is 12.8 Å². The molecule has 16 heavy (non-hydrogen) atoms. The smallest absolute Gasteiger partial charge is 0.0587 e. The van der Waals surface area contributed by atoms with Crippen molar-refractivity contribution in [3.8, 4) is 0 Å². The average molecular weight is 231 g/mol. The van der Waals surface area contributed by atoms with Crippen LogP contribution in [0.15, 0.2) is 0 Å². The van der Waals surface area contributed by atoms with Gasteiger partial charge in [-0.3, -0.25) is 0 Å². The van der Waals surface area contributed by atoms with Crippen molar-refractivity contribution in [2.45, 2.75) is 33.6 Å². The predicted octanol–water partition coefficient (Wildman–Crippen LogP) is 2.31. The number of rotatable bonds is 10. The Morgan fingerprint density at radius 2 is 1.75 bits per heavy atom. The summed E-state index contributed by atoms with van der Waals surface area (Å²) in [4.78, 5) is 0. The molecular weight excluding hydrogens is 202 g/mol. The fourth-order valence-electron chi connectivity index (χ4n) is 2.31.